The van der Waals surface area contributed by atoms with E-state index in [-0.39, 0.29) is 5.97 Å². The standard InChI is InChI=1S/C13H19BrO2/c1-5-6-7-8-9-11(10-14)12(15)16-13(2,3)4/h1,9H,6-8,10H2,2-4H3/b11-9+. The van der Waals surface area contributed by atoms with Crippen LogP contribution in [0.25, 0.3) is 0 Å². The van der Waals surface area contributed by atoms with Crippen LogP contribution in [0.3, 0.4) is 0 Å². The fourth-order valence-corrected chi connectivity index (χ4v) is 1.47. The number of ether oxygens (including phenoxy) is 1. The summed E-state index contributed by atoms with van der Waals surface area (Å²) in [6.07, 6.45) is 9.48. The molecule has 16 heavy (non-hydrogen) atoms. The Morgan fingerprint density at radius 2 is 2.12 bits per heavy atom. The molecule has 0 aliphatic carbocycles. The maximum atomic E-state index is 11.7. The highest BCUT2D eigenvalue weighted by Gasteiger charge is 2.18. The van der Waals surface area contributed by atoms with Crippen LogP contribution in [-0.4, -0.2) is 16.9 Å². The molecule has 3 heteroatoms. The minimum atomic E-state index is -0.447. The van der Waals surface area contributed by atoms with Crippen molar-refractivity contribution in [2.24, 2.45) is 0 Å². The Morgan fingerprint density at radius 1 is 1.50 bits per heavy atom. The minimum Gasteiger partial charge on any atom is -0.457 e. The Bertz CT molecular complexity index is 292. The van der Waals surface area contributed by atoms with Gasteiger partial charge in [0.25, 0.3) is 0 Å². The molecule has 0 amide bonds. The molecule has 0 N–H and O–H groups in total. The highest BCUT2D eigenvalue weighted by molar-refractivity contribution is 9.09. The zero-order valence-electron chi connectivity index (χ0n) is 10.2. The summed E-state index contributed by atoms with van der Waals surface area (Å²) in [5.74, 6) is 2.31. The van der Waals surface area contributed by atoms with Gasteiger partial charge in [-0.05, 0) is 33.6 Å². The van der Waals surface area contributed by atoms with Crippen molar-refractivity contribution in [1.29, 1.82) is 0 Å². The van der Waals surface area contributed by atoms with Crippen LogP contribution in [0.2, 0.25) is 0 Å². The predicted molar refractivity (Wildman–Crippen MR) is 70.4 cm³/mol. The fraction of sp³-hybridized carbons (Fsp3) is 0.615. The quantitative estimate of drug-likeness (QED) is 0.254. The second-order valence-electron chi connectivity index (χ2n) is 4.46. The number of carbonyl (C=O) groups is 1. The second kappa shape index (κ2) is 7.51. The van der Waals surface area contributed by atoms with Crippen molar-refractivity contribution in [3.63, 3.8) is 0 Å². The second-order valence-corrected chi connectivity index (χ2v) is 5.02. The first kappa shape index (κ1) is 15.2. The summed E-state index contributed by atoms with van der Waals surface area (Å²) in [5, 5.41) is 0.512. The van der Waals surface area contributed by atoms with E-state index < -0.39 is 5.60 Å². The van der Waals surface area contributed by atoms with Crippen LogP contribution in [0, 0.1) is 12.3 Å². The van der Waals surface area contributed by atoms with E-state index in [2.05, 4.69) is 21.9 Å². The molecule has 0 rings (SSSR count). The Hall–Kier alpha value is -0.750. The van der Waals surface area contributed by atoms with Crippen molar-refractivity contribution < 1.29 is 9.53 Å². The molecule has 0 bridgehead atoms. The van der Waals surface area contributed by atoms with Crippen molar-refractivity contribution in [3.05, 3.63) is 11.6 Å². The van der Waals surface area contributed by atoms with Crippen LogP contribution in [-0.2, 0) is 9.53 Å². The molecule has 0 aromatic carbocycles. The van der Waals surface area contributed by atoms with Gasteiger partial charge in [0.15, 0.2) is 0 Å². The van der Waals surface area contributed by atoms with Gasteiger partial charge in [-0.25, -0.2) is 4.79 Å². The Morgan fingerprint density at radius 3 is 2.56 bits per heavy atom. The van der Waals surface area contributed by atoms with Crippen LogP contribution < -0.4 is 0 Å². The van der Waals surface area contributed by atoms with Crippen LogP contribution in [0.5, 0.6) is 0 Å². The molecule has 0 aliphatic rings. The number of halogens is 1. The van der Waals surface area contributed by atoms with E-state index in [4.69, 9.17) is 11.2 Å². The smallest absolute Gasteiger partial charge is 0.335 e. The zero-order valence-corrected chi connectivity index (χ0v) is 11.8. The highest BCUT2D eigenvalue weighted by Crippen LogP contribution is 2.13. The molecule has 0 saturated heterocycles. The van der Waals surface area contributed by atoms with E-state index in [1.165, 1.54) is 0 Å². The van der Waals surface area contributed by atoms with Crippen LogP contribution in [0.1, 0.15) is 40.0 Å². The molecule has 0 aromatic heterocycles. The molecular weight excluding hydrogens is 268 g/mol. The van der Waals surface area contributed by atoms with Gasteiger partial charge in [-0.15, -0.1) is 12.3 Å². The van der Waals surface area contributed by atoms with Gasteiger partial charge in [-0.1, -0.05) is 22.0 Å². The number of allylic oxidation sites excluding steroid dienone is 1. The molecule has 0 fully saturated rings. The summed E-state index contributed by atoms with van der Waals surface area (Å²) in [6, 6.07) is 0. The Balaban J connectivity index is 4.27. The van der Waals surface area contributed by atoms with Gasteiger partial charge >= 0.3 is 5.97 Å². The molecule has 0 unspecified atom stereocenters. The number of hydrogen-bond acceptors (Lipinski definition) is 2. The number of alkyl halides is 1. The lowest BCUT2D eigenvalue weighted by atomic mass is 10.1. The minimum absolute atomic E-state index is 0.259. The van der Waals surface area contributed by atoms with E-state index in [1.54, 1.807) is 0 Å². The summed E-state index contributed by atoms with van der Waals surface area (Å²) in [7, 11) is 0. The van der Waals surface area contributed by atoms with E-state index in [0.29, 0.717) is 10.9 Å². The summed E-state index contributed by atoms with van der Waals surface area (Å²) >= 11 is 3.28. The average molecular weight is 287 g/mol. The molecular formula is C13H19BrO2. The van der Waals surface area contributed by atoms with Gasteiger partial charge in [0.05, 0.1) is 0 Å². The van der Waals surface area contributed by atoms with Crippen LogP contribution in [0.4, 0.5) is 0 Å². The zero-order chi connectivity index (χ0) is 12.6. The maximum absolute atomic E-state index is 11.7. The first-order valence-corrected chi connectivity index (χ1v) is 6.44. The van der Waals surface area contributed by atoms with Crippen molar-refractivity contribution in [2.75, 3.05) is 5.33 Å². The number of unbranched alkanes of at least 4 members (excludes halogenated alkanes) is 2. The summed E-state index contributed by atoms with van der Waals surface area (Å²) in [5.41, 5.74) is 0.212. The predicted octanol–water partition coefficient (Wildman–Crippen LogP) is 3.45. The number of hydrogen-bond donors (Lipinski definition) is 0. The molecule has 0 aliphatic heterocycles. The van der Waals surface area contributed by atoms with Crippen molar-refractivity contribution in [2.45, 2.75) is 45.6 Å². The van der Waals surface area contributed by atoms with E-state index in [9.17, 15) is 4.79 Å². The van der Waals surface area contributed by atoms with Crippen molar-refractivity contribution >= 4 is 21.9 Å². The van der Waals surface area contributed by atoms with E-state index in [0.717, 1.165) is 19.3 Å². The maximum Gasteiger partial charge on any atom is 0.335 e. The van der Waals surface area contributed by atoms with Gasteiger partial charge < -0.3 is 4.74 Å². The molecule has 0 saturated carbocycles. The number of carbonyl (C=O) groups excluding carboxylic acids is 1. The highest BCUT2D eigenvalue weighted by atomic mass is 79.9. The fourth-order valence-electron chi connectivity index (χ4n) is 1.02. The lowest BCUT2D eigenvalue weighted by molar-refractivity contribution is -0.149. The van der Waals surface area contributed by atoms with Crippen molar-refractivity contribution in [1.82, 2.24) is 0 Å². The van der Waals surface area contributed by atoms with Gasteiger partial charge in [-0.2, -0.15) is 0 Å². The van der Waals surface area contributed by atoms with Gasteiger partial charge in [0.1, 0.15) is 5.60 Å². The van der Waals surface area contributed by atoms with Gasteiger partial charge in [0.2, 0.25) is 0 Å². The van der Waals surface area contributed by atoms with Gasteiger partial charge in [-0.3, -0.25) is 0 Å². The topological polar surface area (TPSA) is 26.3 Å². The Kier molecular flexibility index (Phi) is 7.16. The van der Waals surface area contributed by atoms with Crippen molar-refractivity contribution in [3.8, 4) is 12.3 Å². The SMILES string of the molecule is C#CCCC/C=C(\CBr)C(=O)OC(C)(C)C. The normalized spacial score (nSPS) is 12.1. The summed E-state index contributed by atoms with van der Waals surface area (Å²) in [4.78, 5) is 11.7. The van der Waals surface area contributed by atoms with Crippen LogP contribution >= 0.6 is 15.9 Å². The van der Waals surface area contributed by atoms with E-state index >= 15 is 0 Å². The number of rotatable bonds is 5. The molecule has 2 nitrogen and oxygen atoms in total. The first-order chi connectivity index (χ1) is 7.40. The first-order valence-electron chi connectivity index (χ1n) is 5.32. The third-order valence-corrected chi connectivity index (χ3v) is 2.33. The summed E-state index contributed by atoms with van der Waals surface area (Å²) in [6.45, 7) is 5.57. The molecule has 0 heterocycles. The third kappa shape index (κ3) is 7.53. The largest absolute Gasteiger partial charge is 0.457 e. The Labute approximate surface area is 107 Å². The molecule has 0 atom stereocenters. The lowest BCUT2D eigenvalue weighted by Crippen LogP contribution is -2.25. The lowest BCUT2D eigenvalue weighted by Gasteiger charge is -2.20. The molecule has 0 radical (unpaired) electrons. The van der Waals surface area contributed by atoms with E-state index in [1.807, 2.05) is 26.8 Å². The summed E-state index contributed by atoms with van der Waals surface area (Å²) < 4.78 is 5.27. The van der Waals surface area contributed by atoms with Crippen LogP contribution in [0.15, 0.2) is 11.6 Å². The third-order valence-electron chi connectivity index (χ3n) is 1.72. The molecule has 90 valence electrons. The molecule has 0 spiro atoms. The molecule has 0 aromatic rings. The number of esters is 1. The monoisotopic (exact) mass is 286 g/mol. The average Bonchev–Trinajstić information content (AvgIpc) is 2.15. The van der Waals surface area contributed by atoms with Gasteiger partial charge in [0, 0.05) is 17.3 Å². The number of terminal acetylenes is 1.